The normalized spacial score (nSPS) is 10.2. The van der Waals surface area contributed by atoms with E-state index in [1.54, 1.807) is 25.2 Å². The number of carbonyl (C=O) groups excluding carboxylic acids is 2. The van der Waals surface area contributed by atoms with Crippen LogP contribution in [0.5, 0.6) is 0 Å². The van der Waals surface area contributed by atoms with Gasteiger partial charge in [-0.2, -0.15) is 0 Å². The maximum atomic E-state index is 11.9. The van der Waals surface area contributed by atoms with E-state index in [4.69, 9.17) is 9.47 Å². The molecule has 7 heteroatoms. The van der Waals surface area contributed by atoms with Crippen molar-refractivity contribution in [1.29, 1.82) is 0 Å². The minimum atomic E-state index is -0.715. The van der Waals surface area contributed by atoms with Gasteiger partial charge in [-0.05, 0) is 39.0 Å². The molecule has 0 atom stereocenters. The Morgan fingerprint density at radius 3 is 2.48 bits per heavy atom. The second kappa shape index (κ2) is 7.73. The van der Waals surface area contributed by atoms with E-state index in [1.807, 2.05) is 25.1 Å². The van der Waals surface area contributed by atoms with Crippen LogP contribution in [0.15, 0.2) is 30.0 Å². The number of thiazole rings is 1. The molecule has 0 unspecified atom stereocenters. The summed E-state index contributed by atoms with van der Waals surface area (Å²) < 4.78 is 10.8. The van der Waals surface area contributed by atoms with Crippen LogP contribution in [0.2, 0.25) is 0 Å². The highest BCUT2D eigenvalue weighted by atomic mass is 32.1. The van der Waals surface area contributed by atoms with Crippen LogP contribution < -0.4 is 5.32 Å². The summed E-state index contributed by atoms with van der Waals surface area (Å²) >= 11 is 1.57. The number of fused-ring (bicyclic) bond motifs is 1. The Hall–Kier alpha value is -2.41. The van der Waals surface area contributed by atoms with Gasteiger partial charge < -0.3 is 14.8 Å². The number of aromatic nitrogens is 1. The molecule has 0 radical (unpaired) electrons. The molecule has 2 aromatic rings. The molecular formula is C16H18N2O4S. The number of ether oxygens (including phenoxy) is 2. The third kappa shape index (κ3) is 4.29. The highest BCUT2D eigenvalue weighted by Crippen LogP contribution is 2.24. The smallest absolute Gasteiger partial charge is 0.347 e. The lowest BCUT2D eigenvalue weighted by molar-refractivity contribution is -0.146. The van der Waals surface area contributed by atoms with Gasteiger partial charge in [0.2, 0.25) is 0 Å². The Bertz CT molecular complexity index is 732. The first-order valence-electron chi connectivity index (χ1n) is 7.23. The van der Waals surface area contributed by atoms with Gasteiger partial charge in [-0.15, -0.1) is 11.3 Å². The van der Waals surface area contributed by atoms with Crippen LogP contribution in [0.3, 0.4) is 0 Å². The summed E-state index contributed by atoms with van der Waals surface area (Å²) in [6.45, 7) is 5.66. The van der Waals surface area contributed by atoms with Crippen LogP contribution in [0, 0.1) is 6.92 Å². The number of esters is 2. The largest absolute Gasteiger partial charge is 0.462 e. The highest BCUT2D eigenvalue weighted by molar-refractivity contribution is 7.18. The molecule has 122 valence electrons. The van der Waals surface area contributed by atoms with Crippen molar-refractivity contribution in [1.82, 2.24) is 4.98 Å². The fraction of sp³-hybridized carbons (Fsp3) is 0.312. The number of rotatable bonds is 6. The van der Waals surface area contributed by atoms with E-state index in [9.17, 15) is 9.59 Å². The molecule has 0 aliphatic rings. The lowest BCUT2D eigenvalue weighted by Gasteiger charge is -2.07. The molecule has 1 aromatic heterocycles. The quantitative estimate of drug-likeness (QED) is 0.379. The first-order valence-corrected chi connectivity index (χ1v) is 8.05. The van der Waals surface area contributed by atoms with Gasteiger partial charge in [-0.25, -0.2) is 14.6 Å². The van der Waals surface area contributed by atoms with Crippen LogP contribution in [-0.2, 0) is 19.1 Å². The molecule has 0 bridgehead atoms. The van der Waals surface area contributed by atoms with Crippen molar-refractivity contribution < 1.29 is 19.1 Å². The molecule has 0 saturated carbocycles. The number of nitrogens with one attached hydrogen (secondary N) is 1. The van der Waals surface area contributed by atoms with Crippen molar-refractivity contribution in [3.63, 3.8) is 0 Å². The first kappa shape index (κ1) is 17.0. The van der Waals surface area contributed by atoms with Crippen molar-refractivity contribution in [2.45, 2.75) is 20.8 Å². The van der Waals surface area contributed by atoms with E-state index in [-0.39, 0.29) is 18.8 Å². The number of aryl methyl sites for hydroxylation is 1. The molecule has 0 spiro atoms. The standard InChI is InChI=1S/C16H18N2O4S/c1-4-21-15(19)12(16(20)22-5-2)9-17-11-6-7-13-14(8-11)23-10(3)18-13/h6-9,17H,4-5H2,1-3H3. The molecule has 0 aliphatic carbocycles. The van der Waals surface area contributed by atoms with Gasteiger partial charge in [0.05, 0.1) is 28.4 Å². The molecular weight excluding hydrogens is 316 g/mol. The minimum absolute atomic E-state index is 0.172. The van der Waals surface area contributed by atoms with Crippen molar-refractivity contribution >= 4 is 39.2 Å². The Morgan fingerprint density at radius 1 is 1.22 bits per heavy atom. The zero-order chi connectivity index (χ0) is 16.8. The average molecular weight is 334 g/mol. The summed E-state index contributed by atoms with van der Waals surface area (Å²) in [5, 5.41) is 3.92. The first-order chi connectivity index (χ1) is 11.0. The number of anilines is 1. The predicted molar refractivity (Wildman–Crippen MR) is 89.3 cm³/mol. The monoisotopic (exact) mass is 334 g/mol. The lowest BCUT2D eigenvalue weighted by atomic mass is 10.2. The van der Waals surface area contributed by atoms with E-state index in [0.29, 0.717) is 0 Å². The molecule has 0 saturated heterocycles. The van der Waals surface area contributed by atoms with Gasteiger partial charge in [0, 0.05) is 11.9 Å². The number of nitrogens with zero attached hydrogens (tertiary/aromatic N) is 1. The van der Waals surface area contributed by atoms with Crippen LogP contribution in [0.1, 0.15) is 18.9 Å². The number of carbonyl (C=O) groups is 2. The van der Waals surface area contributed by atoms with Gasteiger partial charge in [0.15, 0.2) is 5.57 Å². The van der Waals surface area contributed by atoms with E-state index >= 15 is 0 Å². The third-order valence-electron chi connectivity index (χ3n) is 2.87. The van der Waals surface area contributed by atoms with Gasteiger partial charge in [-0.3, -0.25) is 0 Å². The van der Waals surface area contributed by atoms with Crippen molar-refractivity contribution in [2.24, 2.45) is 0 Å². The zero-order valence-corrected chi connectivity index (χ0v) is 14.0. The summed E-state index contributed by atoms with van der Waals surface area (Å²) in [6, 6.07) is 5.61. The number of hydrogen-bond donors (Lipinski definition) is 1. The van der Waals surface area contributed by atoms with Crippen molar-refractivity contribution in [3.05, 3.63) is 35.0 Å². The zero-order valence-electron chi connectivity index (χ0n) is 13.2. The molecule has 1 heterocycles. The highest BCUT2D eigenvalue weighted by Gasteiger charge is 2.20. The summed E-state index contributed by atoms with van der Waals surface area (Å²) in [4.78, 5) is 28.1. The molecule has 2 rings (SSSR count). The van der Waals surface area contributed by atoms with Crippen LogP contribution in [-0.4, -0.2) is 30.1 Å². The Labute approximate surface area is 138 Å². The molecule has 1 aromatic carbocycles. The minimum Gasteiger partial charge on any atom is -0.462 e. The number of hydrogen-bond acceptors (Lipinski definition) is 7. The molecule has 0 fully saturated rings. The van der Waals surface area contributed by atoms with Gasteiger partial charge >= 0.3 is 11.9 Å². The van der Waals surface area contributed by atoms with E-state index in [1.165, 1.54) is 6.20 Å². The third-order valence-corrected chi connectivity index (χ3v) is 3.80. The van der Waals surface area contributed by atoms with Crippen LogP contribution in [0.4, 0.5) is 5.69 Å². The van der Waals surface area contributed by atoms with Gasteiger partial charge in [-0.1, -0.05) is 0 Å². The topological polar surface area (TPSA) is 77.5 Å². The summed E-state index contributed by atoms with van der Waals surface area (Å²) in [5.41, 5.74) is 1.49. The SMILES string of the molecule is CCOC(=O)C(=CNc1ccc2nc(C)sc2c1)C(=O)OCC. The Morgan fingerprint density at radius 2 is 1.87 bits per heavy atom. The van der Waals surface area contributed by atoms with E-state index in [0.717, 1.165) is 20.9 Å². The summed E-state index contributed by atoms with van der Waals surface area (Å²) in [5.74, 6) is -1.43. The van der Waals surface area contributed by atoms with Crippen molar-refractivity contribution in [3.8, 4) is 0 Å². The Balaban J connectivity index is 2.22. The number of benzene rings is 1. The predicted octanol–water partition coefficient (Wildman–Crippen LogP) is 3.03. The average Bonchev–Trinajstić information content (AvgIpc) is 2.87. The fourth-order valence-electron chi connectivity index (χ4n) is 1.90. The van der Waals surface area contributed by atoms with E-state index < -0.39 is 11.9 Å². The van der Waals surface area contributed by atoms with Crippen LogP contribution >= 0.6 is 11.3 Å². The lowest BCUT2D eigenvalue weighted by Crippen LogP contribution is -2.19. The second-order valence-electron chi connectivity index (χ2n) is 4.56. The molecule has 23 heavy (non-hydrogen) atoms. The van der Waals surface area contributed by atoms with Gasteiger partial charge in [0.25, 0.3) is 0 Å². The molecule has 0 amide bonds. The second-order valence-corrected chi connectivity index (χ2v) is 5.79. The van der Waals surface area contributed by atoms with Gasteiger partial charge in [0.1, 0.15) is 0 Å². The molecule has 0 aliphatic heterocycles. The summed E-state index contributed by atoms with van der Waals surface area (Å²) in [7, 11) is 0. The van der Waals surface area contributed by atoms with Crippen molar-refractivity contribution in [2.75, 3.05) is 18.5 Å². The Kier molecular flexibility index (Phi) is 5.70. The fourth-order valence-corrected chi connectivity index (χ4v) is 2.77. The van der Waals surface area contributed by atoms with Crippen LogP contribution in [0.25, 0.3) is 10.2 Å². The maximum Gasteiger partial charge on any atom is 0.347 e. The maximum absolute atomic E-state index is 11.9. The molecule has 1 N–H and O–H groups in total. The molecule has 6 nitrogen and oxygen atoms in total. The van der Waals surface area contributed by atoms with E-state index in [2.05, 4.69) is 10.3 Å². The summed E-state index contributed by atoms with van der Waals surface area (Å²) in [6.07, 6.45) is 1.31.